The number of carbonyl (C=O) groups is 3. The van der Waals surface area contributed by atoms with E-state index in [9.17, 15) is 14.4 Å². The molecular weight excluding hydrogens is 529 g/mol. The molecule has 0 aliphatic heterocycles. The van der Waals surface area contributed by atoms with Gasteiger partial charge in [0, 0.05) is 11.3 Å². The first kappa shape index (κ1) is 28.0. The van der Waals surface area contributed by atoms with Crippen molar-refractivity contribution in [3.8, 4) is 0 Å². The second-order valence-corrected chi connectivity index (χ2v) is 13.4. The number of aromatic nitrogens is 2. The van der Waals surface area contributed by atoms with Crippen LogP contribution in [0.3, 0.4) is 0 Å². The summed E-state index contributed by atoms with van der Waals surface area (Å²) in [5, 5.41) is 14.6. The minimum atomic E-state index is -0.459. The van der Waals surface area contributed by atoms with Gasteiger partial charge in [-0.15, -0.1) is 21.5 Å². The number of esters is 1. The number of aryl methyl sites for hydroxylation is 1. The number of carbonyl (C=O) groups excluding carboxylic acids is 3. The Labute approximate surface area is 230 Å². The first-order valence-corrected chi connectivity index (χ1v) is 15.9. The van der Waals surface area contributed by atoms with Crippen molar-refractivity contribution in [2.24, 2.45) is 5.92 Å². The minimum absolute atomic E-state index is 0.0342. The lowest BCUT2D eigenvalue weighted by atomic mass is 9.86. The molecule has 2 aromatic heterocycles. The Hall–Kier alpha value is -1.98. The molecule has 2 aliphatic carbocycles. The van der Waals surface area contributed by atoms with Crippen molar-refractivity contribution >= 4 is 62.4 Å². The lowest BCUT2D eigenvalue weighted by molar-refractivity contribution is -0.117. The van der Waals surface area contributed by atoms with Crippen molar-refractivity contribution in [3.63, 3.8) is 0 Å². The van der Waals surface area contributed by atoms with Crippen LogP contribution in [0.15, 0.2) is 4.34 Å². The lowest BCUT2D eigenvalue weighted by Gasteiger charge is -2.20. The fourth-order valence-electron chi connectivity index (χ4n) is 4.97. The summed E-state index contributed by atoms with van der Waals surface area (Å²) in [5.41, 5.74) is 1.55. The third-order valence-electron chi connectivity index (χ3n) is 6.94. The van der Waals surface area contributed by atoms with Crippen LogP contribution in [0.5, 0.6) is 0 Å². The molecule has 2 amide bonds. The van der Waals surface area contributed by atoms with Gasteiger partial charge in [-0.25, -0.2) is 4.79 Å². The van der Waals surface area contributed by atoms with Gasteiger partial charge in [0.25, 0.3) is 0 Å². The fourth-order valence-corrected chi connectivity index (χ4v) is 8.16. The fraction of sp³-hybridized carbons (Fsp3) is 0.654. The van der Waals surface area contributed by atoms with Crippen LogP contribution in [0, 0.1) is 5.92 Å². The Morgan fingerprint density at radius 1 is 1.03 bits per heavy atom. The number of fused-ring (bicyclic) bond motifs is 1. The van der Waals surface area contributed by atoms with Crippen molar-refractivity contribution in [3.05, 3.63) is 16.0 Å². The van der Waals surface area contributed by atoms with Gasteiger partial charge < -0.3 is 15.4 Å². The number of anilines is 2. The standard InChI is InChI=1S/C26H36N4O4S3/c1-3-34-24(33)21-18-12-8-5-9-13-19(18)36-23(21)28-22(32)16(2)35-26-30-29-25(37-26)27-20(31)15-14-17-10-6-4-7-11-17/h16-17H,3-15H2,1-2H3,(H,28,32)(H,27,29,31). The van der Waals surface area contributed by atoms with E-state index in [2.05, 4.69) is 20.8 Å². The third kappa shape index (κ3) is 7.77. The van der Waals surface area contributed by atoms with Crippen LogP contribution in [0.2, 0.25) is 0 Å². The molecule has 1 unspecified atom stereocenters. The van der Waals surface area contributed by atoms with Crippen LogP contribution in [-0.4, -0.2) is 39.8 Å². The normalized spacial score (nSPS) is 16.9. The summed E-state index contributed by atoms with van der Waals surface area (Å²) in [6.45, 7) is 3.88. The number of nitrogens with zero attached hydrogens (tertiary/aromatic N) is 2. The summed E-state index contributed by atoms with van der Waals surface area (Å²) < 4.78 is 5.93. The van der Waals surface area contributed by atoms with Crippen molar-refractivity contribution in [1.82, 2.24) is 10.2 Å². The van der Waals surface area contributed by atoms with Crippen molar-refractivity contribution in [2.45, 2.75) is 100 Å². The van der Waals surface area contributed by atoms with Gasteiger partial charge in [0.15, 0.2) is 4.34 Å². The van der Waals surface area contributed by atoms with Crippen molar-refractivity contribution in [2.75, 3.05) is 17.2 Å². The van der Waals surface area contributed by atoms with Crippen LogP contribution in [0.4, 0.5) is 10.1 Å². The molecule has 0 spiro atoms. The molecule has 2 aliphatic rings. The molecule has 2 N–H and O–H groups in total. The van der Waals surface area contributed by atoms with Crippen LogP contribution >= 0.6 is 34.4 Å². The molecule has 11 heteroatoms. The Morgan fingerprint density at radius 3 is 2.57 bits per heavy atom. The molecule has 2 aromatic rings. The zero-order valence-corrected chi connectivity index (χ0v) is 24.0. The summed E-state index contributed by atoms with van der Waals surface area (Å²) in [7, 11) is 0. The van der Waals surface area contributed by atoms with Crippen molar-refractivity contribution in [1.29, 1.82) is 0 Å². The highest BCUT2D eigenvalue weighted by molar-refractivity contribution is 8.02. The Balaban J connectivity index is 1.32. The molecule has 4 rings (SSSR count). The van der Waals surface area contributed by atoms with Crippen LogP contribution in [0.1, 0.15) is 98.9 Å². The smallest absolute Gasteiger partial charge is 0.341 e. The van der Waals surface area contributed by atoms with Gasteiger partial charge in [0.05, 0.1) is 17.4 Å². The number of ether oxygens (including phenoxy) is 1. The second-order valence-electron chi connectivity index (χ2n) is 9.70. The summed E-state index contributed by atoms with van der Waals surface area (Å²) in [5.74, 6) is 0.0424. The molecule has 1 fully saturated rings. The van der Waals surface area contributed by atoms with E-state index in [1.165, 1.54) is 71.4 Å². The van der Waals surface area contributed by atoms with Gasteiger partial charge in [-0.1, -0.05) is 61.6 Å². The van der Waals surface area contributed by atoms with E-state index >= 15 is 0 Å². The number of hydrogen-bond donors (Lipinski definition) is 2. The highest BCUT2D eigenvalue weighted by atomic mass is 32.2. The molecule has 1 atom stereocenters. The van der Waals surface area contributed by atoms with Crippen LogP contribution < -0.4 is 10.6 Å². The molecule has 2 heterocycles. The summed E-state index contributed by atoms with van der Waals surface area (Å²) in [6, 6.07) is 0. The minimum Gasteiger partial charge on any atom is -0.462 e. The average molecular weight is 565 g/mol. The third-order valence-corrected chi connectivity index (χ3v) is 10.2. The number of hydrogen-bond acceptors (Lipinski definition) is 9. The summed E-state index contributed by atoms with van der Waals surface area (Å²) >= 11 is 4.05. The van der Waals surface area contributed by atoms with E-state index in [1.54, 1.807) is 13.8 Å². The average Bonchev–Trinajstić information content (AvgIpc) is 3.39. The van der Waals surface area contributed by atoms with E-state index in [0.717, 1.165) is 44.1 Å². The molecular formula is C26H36N4O4S3. The summed E-state index contributed by atoms with van der Waals surface area (Å²) in [4.78, 5) is 39.3. The SMILES string of the molecule is CCOC(=O)c1c(NC(=O)C(C)Sc2nnc(NC(=O)CCC3CCCCC3)s2)sc2c1CCCCC2. The maximum atomic E-state index is 13.1. The largest absolute Gasteiger partial charge is 0.462 e. The molecule has 0 saturated heterocycles. The highest BCUT2D eigenvalue weighted by Crippen LogP contribution is 2.39. The van der Waals surface area contributed by atoms with Crippen molar-refractivity contribution < 1.29 is 19.1 Å². The number of amides is 2. The Bertz CT molecular complexity index is 1090. The topological polar surface area (TPSA) is 110 Å². The zero-order valence-electron chi connectivity index (χ0n) is 21.6. The van der Waals surface area contributed by atoms with E-state index < -0.39 is 5.25 Å². The molecule has 0 aromatic carbocycles. The van der Waals surface area contributed by atoms with E-state index in [-0.39, 0.29) is 17.8 Å². The maximum absolute atomic E-state index is 13.1. The first-order valence-electron chi connectivity index (χ1n) is 13.4. The van der Waals surface area contributed by atoms with Crippen LogP contribution in [0.25, 0.3) is 0 Å². The van der Waals surface area contributed by atoms with Gasteiger partial charge in [-0.3, -0.25) is 9.59 Å². The number of nitrogens with one attached hydrogen (secondary N) is 2. The van der Waals surface area contributed by atoms with Crippen LogP contribution in [-0.2, 0) is 27.2 Å². The van der Waals surface area contributed by atoms with Gasteiger partial charge in [-0.2, -0.15) is 0 Å². The van der Waals surface area contributed by atoms with E-state index in [4.69, 9.17) is 4.74 Å². The van der Waals surface area contributed by atoms with E-state index in [0.29, 0.717) is 39.0 Å². The number of rotatable bonds is 10. The molecule has 0 radical (unpaired) electrons. The quantitative estimate of drug-likeness (QED) is 0.147. The molecule has 8 nitrogen and oxygen atoms in total. The predicted molar refractivity (Wildman–Crippen MR) is 150 cm³/mol. The maximum Gasteiger partial charge on any atom is 0.341 e. The van der Waals surface area contributed by atoms with Gasteiger partial charge >= 0.3 is 5.97 Å². The molecule has 37 heavy (non-hydrogen) atoms. The molecule has 0 bridgehead atoms. The van der Waals surface area contributed by atoms with Gasteiger partial charge in [0.1, 0.15) is 5.00 Å². The predicted octanol–water partition coefficient (Wildman–Crippen LogP) is 6.46. The monoisotopic (exact) mass is 564 g/mol. The first-order chi connectivity index (χ1) is 17.9. The zero-order chi connectivity index (χ0) is 26.2. The number of thiophene rings is 1. The Kier molecular flexibility index (Phi) is 10.4. The second kappa shape index (κ2) is 13.7. The van der Waals surface area contributed by atoms with Gasteiger partial charge in [0.2, 0.25) is 16.9 Å². The van der Waals surface area contributed by atoms with E-state index in [1.807, 2.05) is 0 Å². The lowest BCUT2D eigenvalue weighted by Crippen LogP contribution is -2.23. The molecule has 202 valence electrons. The number of thioether (sulfide) groups is 1. The Morgan fingerprint density at radius 2 is 1.78 bits per heavy atom. The highest BCUT2D eigenvalue weighted by Gasteiger charge is 2.28. The molecule has 1 saturated carbocycles. The van der Waals surface area contributed by atoms with Gasteiger partial charge in [-0.05, 0) is 57.4 Å². The summed E-state index contributed by atoms with van der Waals surface area (Å²) in [6.07, 6.45) is 12.7.